The predicted octanol–water partition coefficient (Wildman–Crippen LogP) is 10.9. The molecule has 0 saturated carbocycles. The molecule has 2 heteroatoms. The number of hydrogen-bond acceptors (Lipinski definition) is 2. The third-order valence-corrected chi connectivity index (χ3v) is 8.47. The smallest absolute Gasteiger partial charge is 0.135 e. The zero-order chi connectivity index (χ0) is 25.1. The van der Waals surface area contributed by atoms with E-state index in [4.69, 9.17) is 4.42 Å². The van der Waals surface area contributed by atoms with E-state index in [1.807, 2.05) is 23.9 Å². The van der Waals surface area contributed by atoms with Crippen molar-refractivity contribution in [3.8, 4) is 11.1 Å². The molecule has 0 fully saturated rings. The highest BCUT2D eigenvalue weighted by Crippen LogP contribution is 2.39. The molecule has 0 aliphatic rings. The molecule has 0 bridgehead atoms. The summed E-state index contributed by atoms with van der Waals surface area (Å²) in [6, 6.07) is 47.9. The quantitative estimate of drug-likeness (QED) is 0.223. The van der Waals surface area contributed by atoms with Crippen LogP contribution in [0.3, 0.4) is 0 Å². The van der Waals surface area contributed by atoms with E-state index in [0.717, 1.165) is 21.9 Å². The summed E-state index contributed by atoms with van der Waals surface area (Å²) >= 11 is 1.81. The molecule has 0 aliphatic carbocycles. The van der Waals surface area contributed by atoms with Gasteiger partial charge in [0.15, 0.2) is 0 Å². The lowest BCUT2D eigenvalue weighted by atomic mass is 9.94. The van der Waals surface area contributed by atoms with Crippen molar-refractivity contribution >= 4 is 66.0 Å². The first-order valence-electron chi connectivity index (χ1n) is 12.8. The zero-order valence-electron chi connectivity index (χ0n) is 20.5. The molecule has 0 amide bonds. The van der Waals surface area contributed by atoms with Crippen molar-refractivity contribution < 1.29 is 4.42 Å². The lowest BCUT2D eigenvalue weighted by Gasteiger charge is -2.12. The molecule has 8 rings (SSSR count). The average Bonchev–Trinajstić information content (AvgIpc) is 3.35. The van der Waals surface area contributed by atoms with Crippen LogP contribution in [0.1, 0.15) is 0 Å². The first-order chi connectivity index (χ1) is 18.8. The van der Waals surface area contributed by atoms with Crippen LogP contribution >= 0.6 is 11.8 Å². The highest BCUT2D eigenvalue weighted by atomic mass is 32.2. The van der Waals surface area contributed by atoms with Gasteiger partial charge in [0, 0.05) is 20.6 Å². The molecule has 0 atom stereocenters. The van der Waals surface area contributed by atoms with Crippen LogP contribution in [-0.4, -0.2) is 0 Å². The third kappa shape index (κ3) is 3.42. The maximum atomic E-state index is 6.03. The lowest BCUT2D eigenvalue weighted by Crippen LogP contribution is -1.84. The second-order valence-corrected chi connectivity index (χ2v) is 10.9. The normalized spacial score (nSPS) is 11.8. The SMILES string of the molecule is c1cc(Sc2ccc3c4ccccc4c4ccccc4c3c2)cc(-c2ccc3oc4ccccc4c3c2)c1. The van der Waals surface area contributed by atoms with Gasteiger partial charge in [-0.3, -0.25) is 0 Å². The van der Waals surface area contributed by atoms with Gasteiger partial charge in [-0.25, -0.2) is 0 Å². The minimum absolute atomic E-state index is 0.927. The number of para-hydroxylation sites is 1. The standard InChI is InChI=1S/C36H22OS/c1-2-12-29-27(10-1)28-11-3-4-13-30(28)33-22-26(17-18-31(29)33)38-25-9-7-8-23(20-25)24-16-19-36-34(21-24)32-14-5-6-15-35(32)37-36/h1-22H. The highest BCUT2D eigenvalue weighted by Gasteiger charge is 2.11. The summed E-state index contributed by atoms with van der Waals surface area (Å²) in [5.41, 5.74) is 4.26. The molecule has 8 aromatic rings. The summed E-state index contributed by atoms with van der Waals surface area (Å²) in [5.74, 6) is 0. The van der Waals surface area contributed by atoms with E-state index in [0.29, 0.717) is 0 Å². The van der Waals surface area contributed by atoms with Crippen molar-refractivity contribution in [2.75, 3.05) is 0 Å². The van der Waals surface area contributed by atoms with Crippen molar-refractivity contribution in [2.45, 2.75) is 9.79 Å². The summed E-state index contributed by atoms with van der Waals surface area (Å²) in [6.45, 7) is 0. The Kier molecular flexibility index (Phi) is 4.83. The predicted molar refractivity (Wildman–Crippen MR) is 162 cm³/mol. The van der Waals surface area contributed by atoms with E-state index in [1.165, 1.54) is 53.2 Å². The van der Waals surface area contributed by atoms with Crippen LogP contribution in [0, 0.1) is 0 Å². The molecule has 178 valence electrons. The number of hydrogen-bond donors (Lipinski definition) is 0. The Balaban J connectivity index is 1.21. The molecule has 0 N–H and O–H groups in total. The molecule has 0 saturated heterocycles. The Labute approximate surface area is 224 Å². The molecule has 0 aliphatic heterocycles. The minimum atomic E-state index is 0.927. The van der Waals surface area contributed by atoms with Gasteiger partial charge < -0.3 is 4.42 Å². The molecule has 38 heavy (non-hydrogen) atoms. The van der Waals surface area contributed by atoms with E-state index in [1.54, 1.807) is 0 Å². The Hall–Kier alpha value is -4.53. The van der Waals surface area contributed by atoms with Gasteiger partial charge in [-0.1, -0.05) is 103 Å². The number of benzene rings is 7. The van der Waals surface area contributed by atoms with Crippen molar-refractivity contribution in [3.05, 3.63) is 133 Å². The van der Waals surface area contributed by atoms with Crippen LogP contribution < -0.4 is 0 Å². The Morgan fingerprint density at radius 2 is 0.921 bits per heavy atom. The van der Waals surface area contributed by atoms with E-state index in [2.05, 4.69) is 121 Å². The monoisotopic (exact) mass is 502 g/mol. The first-order valence-corrected chi connectivity index (χ1v) is 13.7. The van der Waals surface area contributed by atoms with E-state index in [-0.39, 0.29) is 0 Å². The number of furan rings is 1. The van der Waals surface area contributed by atoms with E-state index < -0.39 is 0 Å². The molecule has 1 heterocycles. The molecule has 0 spiro atoms. The Morgan fingerprint density at radius 3 is 1.68 bits per heavy atom. The highest BCUT2D eigenvalue weighted by molar-refractivity contribution is 7.99. The fraction of sp³-hybridized carbons (Fsp3) is 0. The maximum absolute atomic E-state index is 6.03. The number of fused-ring (bicyclic) bond motifs is 9. The average molecular weight is 503 g/mol. The van der Waals surface area contributed by atoms with Crippen molar-refractivity contribution in [3.63, 3.8) is 0 Å². The van der Waals surface area contributed by atoms with Crippen LogP contribution in [-0.2, 0) is 0 Å². The van der Waals surface area contributed by atoms with Gasteiger partial charge in [0.1, 0.15) is 11.2 Å². The van der Waals surface area contributed by atoms with Gasteiger partial charge in [0.2, 0.25) is 0 Å². The molecule has 1 nitrogen and oxygen atoms in total. The third-order valence-electron chi connectivity index (χ3n) is 7.50. The Bertz CT molecular complexity index is 2130. The summed E-state index contributed by atoms with van der Waals surface area (Å²) in [5, 5.41) is 10.2. The minimum Gasteiger partial charge on any atom is -0.456 e. The maximum Gasteiger partial charge on any atom is 0.135 e. The fourth-order valence-electron chi connectivity index (χ4n) is 5.73. The Morgan fingerprint density at radius 1 is 0.342 bits per heavy atom. The summed E-state index contributed by atoms with van der Waals surface area (Å²) in [6.07, 6.45) is 0. The van der Waals surface area contributed by atoms with Crippen LogP contribution in [0.25, 0.3) is 65.4 Å². The van der Waals surface area contributed by atoms with Crippen molar-refractivity contribution in [1.82, 2.24) is 0 Å². The fourth-order valence-corrected chi connectivity index (χ4v) is 6.65. The van der Waals surface area contributed by atoms with Crippen LogP contribution in [0.2, 0.25) is 0 Å². The van der Waals surface area contributed by atoms with Gasteiger partial charge in [-0.05, 0) is 85.9 Å². The molecular formula is C36H22OS. The molecule has 0 unspecified atom stereocenters. The van der Waals surface area contributed by atoms with Gasteiger partial charge in [-0.2, -0.15) is 0 Å². The van der Waals surface area contributed by atoms with Crippen LogP contribution in [0.5, 0.6) is 0 Å². The number of rotatable bonds is 3. The summed E-state index contributed by atoms with van der Waals surface area (Å²) < 4.78 is 6.03. The van der Waals surface area contributed by atoms with Crippen molar-refractivity contribution in [2.24, 2.45) is 0 Å². The second-order valence-electron chi connectivity index (χ2n) is 9.74. The van der Waals surface area contributed by atoms with Crippen LogP contribution in [0.4, 0.5) is 0 Å². The summed E-state index contributed by atoms with van der Waals surface area (Å²) in [4.78, 5) is 2.47. The first kappa shape index (κ1) is 21.5. The van der Waals surface area contributed by atoms with Gasteiger partial charge >= 0.3 is 0 Å². The van der Waals surface area contributed by atoms with Gasteiger partial charge in [-0.15, -0.1) is 0 Å². The van der Waals surface area contributed by atoms with Crippen molar-refractivity contribution in [1.29, 1.82) is 0 Å². The van der Waals surface area contributed by atoms with E-state index in [9.17, 15) is 0 Å². The summed E-state index contributed by atoms with van der Waals surface area (Å²) in [7, 11) is 0. The zero-order valence-corrected chi connectivity index (χ0v) is 21.3. The molecule has 7 aromatic carbocycles. The molecule has 0 radical (unpaired) electrons. The van der Waals surface area contributed by atoms with Gasteiger partial charge in [0.25, 0.3) is 0 Å². The van der Waals surface area contributed by atoms with Gasteiger partial charge in [0.05, 0.1) is 0 Å². The van der Waals surface area contributed by atoms with E-state index >= 15 is 0 Å². The molecular weight excluding hydrogens is 480 g/mol. The molecule has 1 aromatic heterocycles. The van der Waals surface area contributed by atoms with Crippen LogP contribution in [0.15, 0.2) is 148 Å². The second kappa shape index (κ2) is 8.51. The topological polar surface area (TPSA) is 13.1 Å². The largest absolute Gasteiger partial charge is 0.456 e. The lowest BCUT2D eigenvalue weighted by molar-refractivity contribution is 0.669.